The molecule has 0 saturated carbocycles. The lowest BCUT2D eigenvalue weighted by atomic mass is 10.1. The Kier molecular flexibility index (Phi) is 16.5. The molecule has 3 rings (SSSR count). The summed E-state index contributed by atoms with van der Waals surface area (Å²) in [4.78, 5) is 0. The predicted molar refractivity (Wildman–Crippen MR) is 194 cm³/mol. The molecule has 0 saturated heterocycles. The van der Waals surface area contributed by atoms with Crippen LogP contribution in [0.2, 0.25) is 0 Å². The van der Waals surface area contributed by atoms with Crippen LogP contribution < -0.4 is 28.4 Å². The number of rotatable bonds is 18. The lowest BCUT2D eigenvalue weighted by Crippen LogP contribution is -2.03. The molecule has 0 heterocycles. The molecule has 0 aliphatic rings. The summed E-state index contributed by atoms with van der Waals surface area (Å²) in [6.45, 7) is 15.8. The van der Waals surface area contributed by atoms with Crippen molar-refractivity contribution in [3.63, 3.8) is 0 Å². The third kappa shape index (κ3) is 11.4. The highest BCUT2D eigenvalue weighted by Gasteiger charge is 2.14. The minimum atomic E-state index is 0.527. The van der Waals surface area contributed by atoms with Gasteiger partial charge in [0.1, 0.15) is 34.5 Å². The van der Waals surface area contributed by atoms with Crippen molar-refractivity contribution in [1.82, 2.24) is 0 Å². The summed E-state index contributed by atoms with van der Waals surface area (Å²) in [5.74, 6) is 20.0. The molecule has 0 aliphatic heterocycles. The summed E-state index contributed by atoms with van der Waals surface area (Å²) < 4.78 is 36.4. The predicted octanol–water partition coefficient (Wildman–Crippen LogP) is 9.20. The van der Waals surface area contributed by atoms with Gasteiger partial charge in [0, 0.05) is 24.3 Å². The fraction of sp³-hybridized carbons (Fsp3) is 0.429. The van der Waals surface area contributed by atoms with E-state index in [4.69, 9.17) is 34.8 Å². The van der Waals surface area contributed by atoms with Crippen molar-refractivity contribution >= 4 is 0 Å². The van der Waals surface area contributed by atoms with Crippen LogP contribution in [0, 0.1) is 36.0 Å². The van der Waals surface area contributed by atoms with Gasteiger partial charge < -0.3 is 28.4 Å². The molecule has 0 N–H and O–H groups in total. The van der Waals surface area contributed by atoms with Crippen LogP contribution in [0.3, 0.4) is 0 Å². The first-order chi connectivity index (χ1) is 23.5. The van der Waals surface area contributed by atoms with Gasteiger partial charge in [-0.15, -0.1) is 6.42 Å². The van der Waals surface area contributed by atoms with Gasteiger partial charge in [-0.2, -0.15) is 0 Å². The van der Waals surface area contributed by atoms with Crippen LogP contribution in [0.5, 0.6) is 34.5 Å². The van der Waals surface area contributed by atoms with Crippen LogP contribution in [-0.2, 0) is 0 Å². The largest absolute Gasteiger partial charge is 0.494 e. The van der Waals surface area contributed by atoms with E-state index in [1.807, 2.05) is 42.5 Å². The Labute approximate surface area is 288 Å². The van der Waals surface area contributed by atoms with Gasteiger partial charge in [0.15, 0.2) is 0 Å². The van der Waals surface area contributed by atoms with E-state index in [9.17, 15) is 0 Å². The first-order valence-corrected chi connectivity index (χ1v) is 17.3. The zero-order valence-electron chi connectivity index (χ0n) is 29.6. The van der Waals surface area contributed by atoms with Gasteiger partial charge in [-0.3, -0.25) is 0 Å². The van der Waals surface area contributed by atoms with Crippen LogP contribution in [0.4, 0.5) is 0 Å². The number of benzene rings is 3. The molecular weight excluding hydrogens is 600 g/mol. The molecule has 0 atom stereocenters. The van der Waals surface area contributed by atoms with Gasteiger partial charge >= 0.3 is 0 Å². The number of terminal acetylenes is 1. The molecule has 3 aromatic carbocycles. The number of ether oxygens (including phenoxy) is 6. The van der Waals surface area contributed by atoms with E-state index in [1.165, 1.54) is 0 Å². The number of hydrogen-bond acceptors (Lipinski definition) is 6. The summed E-state index contributed by atoms with van der Waals surface area (Å²) in [6.07, 6.45) is 11.0. The lowest BCUT2D eigenvalue weighted by molar-refractivity contribution is 0.307. The van der Waals surface area contributed by atoms with Crippen molar-refractivity contribution in [2.24, 2.45) is 0 Å². The Morgan fingerprint density at radius 3 is 1.08 bits per heavy atom. The second-order valence-electron chi connectivity index (χ2n) is 11.1. The standard InChI is InChI=1S/C42H50O6/c1-8-21-43-37-19-20-38(44-22-9-2)33(27-37)15-16-35-30-42(48-26-13-6)36(31-41(35)47-25-12-5)18-17-34-29-39(45-23-10-3)32(14-7)28-40(34)46-24-11-4/h7,19-20,27-31H,8-13,21-26H2,1-6H3. The second kappa shape index (κ2) is 21.1. The van der Waals surface area contributed by atoms with E-state index in [2.05, 4.69) is 71.1 Å². The minimum absolute atomic E-state index is 0.527. The lowest BCUT2D eigenvalue weighted by Gasteiger charge is -2.14. The highest BCUT2D eigenvalue weighted by atomic mass is 16.5. The molecular formula is C42H50O6. The maximum absolute atomic E-state index is 6.22. The van der Waals surface area contributed by atoms with Crippen molar-refractivity contribution in [3.8, 4) is 70.5 Å². The maximum Gasteiger partial charge on any atom is 0.136 e. The molecule has 0 amide bonds. The quantitative estimate of drug-likeness (QED) is 0.128. The third-order valence-electron chi connectivity index (χ3n) is 6.72. The Morgan fingerprint density at radius 2 is 0.708 bits per heavy atom. The van der Waals surface area contributed by atoms with Crippen molar-refractivity contribution in [3.05, 3.63) is 70.3 Å². The molecule has 3 aromatic rings. The Hall–Kier alpha value is -4.86. The first-order valence-electron chi connectivity index (χ1n) is 17.3. The summed E-state index contributed by atoms with van der Waals surface area (Å²) >= 11 is 0. The molecule has 0 spiro atoms. The maximum atomic E-state index is 6.22. The fourth-order valence-electron chi connectivity index (χ4n) is 4.38. The Bertz CT molecular complexity index is 1630. The normalized spacial score (nSPS) is 10.1. The van der Waals surface area contributed by atoms with E-state index in [-0.39, 0.29) is 0 Å². The van der Waals surface area contributed by atoms with Crippen molar-refractivity contribution in [1.29, 1.82) is 0 Å². The monoisotopic (exact) mass is 650 g/mol. The average Bonchev–Trinajstić information content (AvgIpc) is 3.11. The SMILES string of the molecule is C#Cc1cc(OCCC)c(C#Cc2cc(OCCC)c(C#Cc3cc(OCCC)ccc3OCCC)cc2OCCC)cc1OCCC. The molecule has 0 aromatic heterocycles. The molecule has 254 valence electrons. The van der Waals surface area contributed by atoms with Gasteiger partial charge in [-0.05, 0) is 56.7 Å². The molecule has 48 heavy (non-hydrogen) atoms. The smallest absolute Gasteiger partial charge is 0.136 e. The zero-order chi connectivity index (χ0) is 34.6. The summed E-state index contributed by atoms with van der Waals surface area (Å²) in [5.41, 5.74) is 3.44. The topological polar surface area (TPSA) is 55.4 Å². The average molecular weight is 651 g/mol. The molecule has 0 radical (unpaired) electrons. The Morgan fingerprint density at radius 1 is 0.396 bits per heavy atom. The summed E-state index contributed by atoms with van der Waals surface area (Å²) in [5, 5.41) is 0. The van der Waals surface area contributed by atoms with Crippen LogP contribution in [0.15, 0.2) is 42.5 Å². The van der Waals surface area contributed by atoms with E-state index in [0.717, 1.165) is 49.8 Å². The van der Waals surface area contributed by atoms with Gasteiger partial charge in [-0.1, -0.05) is 71.1 Å². The highest BCUT2D eigenvalue weighted by molar-refractivity contribution is 5.64. The van der Waals surface area contributed by atoms with E-state index in [1.54, 1.807) is 0 Å². The third-order valence-corrected chi connectivity index (χ3v) is 6.72. The van der Waals surface area contributed by atoms with Crippen LogP contribution in [0.1, 0.15) is 108 Å². The van der Waals surface area contributed by atoms with E-state index < -0.39 is 0 Å². The summed E-state index contributed by atoms with van der Waals surface area (Å²) in [7, 11) is 0. The van der Waals surface area contributed by atoms with Crippen LogP contribution in [0.25, 0.3) is 0 Å². The summed E-state index contributed by atoms with van der Waals surface area (Å²) in [6, 6.07) is 13.3. The van der Waals surface area contributed by atoms with Gasteiger partial charge in [-0.25, -0.2) is 0 Å². The molecule has 6 heteroatoms. The molecule has 0 aliphatic carbocycles. The van der Waals surface area contributed by atoms with Crippen molar-refractivity contribution in [2.45, 2.75) is 80.1 Å². The second-order valence-corrected chi connectivity index (χ2v) is 11.1. The Balaban J connectivity index is 2.16. The molecule has 0 fully saturated rings. The van der Waals surface area contributed by atoms with Gasteiger partial charge in [0.2, 0.25) is 0 Å². The van der Waals surface area contributed by atoms with Crippen molar-refractivity contribution in [2.75, 3.05) is 39.6 Å². The van der Waals surface area contributed by atoms with Crippen molar-refractivity contribution < 1.29 is 28.4 Å². The fourth-order valence-corrected chi connectivity index (χ4v) is 4.38. The van der Waals surface area contributed by atoms with Gasteiger partial charge in [0.25, 0.3) is 0 Å². The van der Waals surface area contributed by atoms with Gasteiger partial charge in [0.05, 0.1) is 67.5 Å². The number of hydrogen-bond donors (Lipinski definition) is 0. The van der Waals surface area contributed by atoms with E-state index >= 15 is 0 Å². The van der Waals surface area contributed by atoms with Crippen LogP contribution in [-0.4, -0.2) is 39.6 Å². The van der Waals surface area contributed by atoms with E-state index in [0.29, 0.717) is 90.6 Å². The minimum Gasteiger partial charge on any atom is -0.494 e. The highest BCUT2D eigenvalue weighted by Crippen LogP contribution is 2.32. The molecule has 0 unspecified atom stereocenters. The molecule has 0 bridgehead atoms. The molecule has 6 nitrogen and oxygen atoms in total. The zero-order valence-corrected chi connectivity index (χ0v) is 29.6. The van der Waals surface area contributed by atoms with Crippen LogP contribution >= 0.6 is 0 Å². The first kappa shape index (κ1) is 37.6.